The van der Waals surface area contributed by atoms with Gasteiger partial charge in [0.1, 0.15) is 4.90 Å². The molecule has 0 saturated carbocycles. The lowest BCUT2D eigenvalue weighted by Gasteiger charge is -2.13. The summed E-state index contributed by atoms with van der Waals surface area (Å²) in [5.41, 5.74) is 2.30. The minimum Gasteiger partial charge on any atom is -0.307 e. The Morgan fingerprint density at radius 1 is 1.58 bits per heavy atom. The van der Waals surface area contributed by atoms with Gasteiger partial charge in [0, 0.05) is 22.5 Å². The first kappa shape index (κ1) is 15.0. The summed E-state index contributed by atoms with van der Waals surface area (Å²) in [5, 5.41) is 0.351. The van der Waals surface area contributed by atoms with Crippen molar-refractivity contribution in [2.75, 3.05) is 17.7 Å². The molecular weight excluding hydrogens is 352 g/mol. The van der Waals surface area contributed by atoms with Crippen LogP contribution in [0.5, 0.6) is 0 Å². The molecule has 1 aliphatic rings. The van der Waals surface area contributed by atoms with Gasteiger partial charge in [0.2, 0.25) is 10.0 Å². The highest BCUT2D eigenvalue weighted by atomic mass is 79.9. The molecule has 4 N–H and O–H groups in total. The number of nitrogens with two attached hydrogens (primary N) is 1. The van der Waals surface area contributed by atoms with Crippen LogP contribution < -0.4 is 16.0 Å². The molecule has 0 radical (unpaired) electrons. The molecule has 1 atom stereocenters. The highest BCUT2D eigenvalue weighted by Gasteiger charge is 2.23. The van der Waals surface area contributed by atoms with Gasteiger partial charge in [-0.2, -0.15) is 11.8 Å². The second-order valence-electron chi connectivity index (χ2n) is 4.13. The normalized spacial score (nSPS) is 19.6. The molecule has 1 aromatic heterocycles. The molecule has 0 amide bonds. The Morgan fingerprint density at radius 3 is 3.00 bits per heavy atom. The SMILES string of the molecule is NNc1ncc(Br)cc1S(=O)(=O)NCC1CCCS1. The summed E-state index contributed by atoms with van der Waals surface area (Å²) in [5.74, 6) is 6.52. The third-order valence-electron chi connectivity index (χ3n) is 2.77. The zero-order chi connectivity index (χ0) is 13.9. The molecule has 1 aromatic rings. The topological polar surface area (TPSA) is 97.1 Å². The second kappa shape index (κ2) is 6.40. The van der Waals surface area contributed by atoms with Crippen molar-refractivity contribution in [1.82, 2.24) is 9.71 Å². The van der Waals surface area contributed by atoms with Crippen LogP contribution >= 0.6 is 27.7 Å². The average Bonchev–Trinajstić information content (AvgIpc) is 2.89. The Balaban J connectivity index is 2.16. The quantitative estimate of drug-likeness (QED) is 0.536. The van der Waals surface area contributed by atoms with Crippen LogP contribution in [0.4, 0.5) is 5.82 Å². The van der Waals surface area contributed by atoms with E-state index in [-0.39, 0.29) is 10.7 Å². The number of thioether (sulfide) groups is 1. The molecule has 1 fully saturated rings. The van der Waals surface area contributed by atoms with E-state index >= 15 is 0 Å². The molecular formula is C10H15BrN4O2S2. The molecule has 1 aliphatic heterocycles. The van der Waals surface area contributed by atoms with Crippen molar-refractivity contribution < 1.29 is 8.42 Å². The Labute approximate surface area is 125 Å². The molecule has 0 bridgehead atoms. The van der Waals surface area contributed by atoms with Gasteiger partial charge in [0.25, 0.3) is 0 Å². The number of nitrogens with one attached hydrogen (secondary N) is 2. The predicted molar refractivity (Wildman–Crippen MR) is 80.4 cm³/mol. The van der Waals surface area contributed by atoms with E-state index in [1.807, 2.05) is 0 Å². The minimum atomic E-state index is -3.61. The van der Waals surface area contributed by atoms with Gasteiger partial charge in [-0.15, -0.1) is 0 Å². The number of nitrogen functional groups attached to an aromatic ring is 1. The molecule has 1 saturated heterocycles. The summed E-state index contributed by atoms with van der Waals surface area (Å²) in [6.45, 7) is 0.434. The molecule has 2 heterocycles. The van der Waals surface area contributed by atoms with Crippen LogP contribution in [0.2, 0.25) is 0 Å². The smallest absolute Gasteiger partial charge is 0.244 e. The molecule has 0 aliphatic carbocycles. The molecule has 6 nitrogen and oxygen atoms in total. The van der Waals surface area contributed by atoms with E-state index in [9.17, 15) is 8.42 Å². The Morgan fingerprint density at radius 2 is 2.37 bits per heavy atom. The van der Waals surface area contributed by atoms with E-state index in [1.54, 1.807) is 11.8 Å². The molecule has 106 valence electrons. The summed E-state index contributed by atoms with van der Waals surface area (Å²) in [7, 11) is -3.61. The highest BCUT2D eigenvalue weighted by molar-refractivity contribution is 9.10. The fraction of sp³-hybridized carbons (Fsp3) is 0.500. The van der Waals surface area contributed by atoms with Crippen LogP contribution in [0.3, 0.4) is 0 Å². The summed E-state index contributed by atoms with van der Waals surface area (Å²) in [6, 6.07) is 1.48. The van der Waals surface area contributed by atoms with Crippen LogP contribution in [0, 0.1) is 0 Å². The third-order valence-corrected chi connectivity index (χ3v) is 6.04. The number of hydrogen-bond acceptors (Lipinski definition) is 6. The van der Waals surface area contributed by atoms with Gasteiger partial charge in [-0.25, -0.2) is 24.0 Å². The van der Waals surface area contributed by atoms with Crippen LogP contribution in [-0.4, -0.2) is 30.9 Å². The lowest BCUT2D eigenvalue weighted by atomic mass is 10.2. The predicted octanol–water partition coefficient (Wildman–Crippen LogP) is 1.30. The summed E-state index contributed by atoms with van der Waals surface area (Å²) in [4.78, 5) is 3.98. The van der Waals surface area contributed by atoms with Crippen molar-refractivity contribution in [1.29, 1.82) is 0 Å². The monoisotopic (exact) mass is 366 g/mol. The van der Waals surface area contributed by atoms with Crippen LogP contribution in [0.15, 0.2) is 21.6 Å². The van der Waals surface area contributed by atoms with Crippen molar-refractivity contribution in [3.05, 3.63) is 16.7 Å². The van der Waals surface area contributed by atoms with E-state index in [1.165, 1.54) is 12.3 Å². The van der Waals surface area contributed by atoms with Gasteiger partial charge in [-0.05, 0) is 40.6 Å². The van der Waals surface area contributed by atoms with Crippen molar-refractivity contribution in [3.8, 4) is 0 Å². The average molecular weight is 367 g/mol. The third kappa shape index (κ3) is 3.82. The standard InChI is InChI=1S/C10H15BrN4O2S2/c11-7-4-9(10(15-12)13-5-7)19(16,17)14-6-8-2-1-3-18-8/h4-5,8,14H,1-3,6,12H2,(H,13,15). The van der Waals surface area contributed by atoms with Crippen molar-refractivity contribution in [2.24, 2.45) is 5.84 Å². The second-order valence-corrected chi connectivity index (χ2v) is 8.19. The largest absolute Gasteiger partial charge is 0.307 e. The van der Waals surface area contributed by atoms with Gasteiger partial charge >= 0.3 is 0 Å². The van der Waals surface area contributed by atoms with Crippen molar-refractivity contribution in [2.45, 2.75) is 23.0 Å². The minimum absolute atomic E-state index is 0.0485. The number of nitrogens with zero attached hydrogens (tertiary/aromatic N) is 1. The number of hydrogen-bond donors (Lipinski definition) is 3. The molecule has 9 heteroatoms. The van der Waals surface area contributed by atoms with Crippen molar-refractivity contribution >= 4 is 43.5 Å². The number of pyridine rings is 1. The van der Waals surface area contributed by atoms with Gasteiger partial charge in [-0.3, -0.25) is 0 Å². The maximum Gasteiger partial charge on any atom is 0.244 e. The lowest BCUT2D eigenvalue weighted by Crippen LogP contribution is -2.31. The van der Waals surface area contributed by atoms with Gasteiger partial charge in [-0.1, -0.05) is 0 Å². The Bertz CT molecular complexity index is 546. The summed E-state index contributed by atoms with van der Waals surface area (Å²) < 4.78 is 27.7. The molecule has 19 heavy (non-hydrogen) atoms. The van der Waals surface area contributed by atoms with Crippen LogP contribution in [-0.2, 0) is 10.0 Å². The fourth-order valence-electron chi connectivity index (χ4n) is 1.82. The van der Waals surface area contributed by atoms with Crippen molar-refractivity contribution in [3.63, 3.8) is 0 Å². The summed E-state index contributed by atoms with van der Waals surface area (Å²) >= 11 is 5.01. The molecule has 0 spiro atoms. The van der Waals surface area contributed by atoms with Gasteiger partial charge in [0.05, 0.1) is 0 Å². The fourth-order valence-corrected chi connectivity index (χ4v) is 4.83. The molecule has 1 unspecified atom stereocenters. The summed E-state index contributed by atoms with van der Waals surface area (Å²) in [6.07, 6.45) is 3.68. The van der Waals surface area contributed by atoms with E-state index in [2.05, 4.69) is 31.1 Å². The number of anilines is 1. The lowest BCUT2D eigenvalue weighted by molar-refractivity contribution is 0.579. The van der Waals surface area contributed by atoms with Gasteiger partial charge in [0.15, 0.2) is 5.82 Å². The first-order chi connectivity index (χ1) is 9.03. The molecule has 2 rings (SSSR count). The van der Waals surface area contributed by atoms with E-state index in [4.69, 9.17) is 5.84 Å². The first-order valence-electron chi connectivity index (χ1n) is 5.76. The van der Waals surface area contributed by atoms with E-state index < -0.39 is 10.0 Å². The molecule has 0 aromatic carbocycles. The zero-order valence-corrected chi connectivity index (χ0v) is 13.3. The number of hydrazine groups is 1. The van der Waals surface area contributed by atoms with Crippen LogP contribution in [0.1, 0.15) is 12.8 Å². The number of rotatable bonds is 5. The highest BCUT2D eigenvalue weighted by Crippen LogP contribution is 2.26. The zero-order valence-electron chi connectivity index (χ0n) is 10.1. The number of sulfonamides is 1. The number of halogens is 1. The Hall–Kier alpha value is -0.350. The number of aromatic nitrogens is 1. The first-order valence-corrected chi connectivity index (χ1v) is 9.09. The maximum absolute atomic E-state index is 12.2. The van der Waals surface area contributed by atoms with E-state index in [0.717, 1.165) is 18.6 Å². The van der Waals surface area contributed by atoms with E-state index in [0.29, 0.717) is 16.3 Å². The van der Waals surface area contributed by atoms with Gasteiger partial charge < -0.3 is 5.43 Å². The van der Waals surface area contributed by atoms with Crippen LogP contribution in [0.25, 0.3) is 0 Å². The Kier molecular flexibility index (Phi) is 5.07. The maximum atomic E-state index is 12.2.